The van der Waals surface area contributed by atoms with Crippen molar-refractivity contribution in [3.8, 4) is 68.3 Å². The summed E-state index contributed by atoms with van der Waals surface area (Å²) in [5, 5.41) is 28.1. The van der Waals surface area contributed by atoms with Crippen molar-refractivity contribution < 1.29 is 23.5 Å². The summed E-state index contributed by atoms with van der Waals surface area (Å²) in [6.07, 6.45) is 12.0. The van der Waals surface area contributed by atoms with Crippen LogP contribution < -0.4 is 21.7 Å². The number of pyridine rings is 3. The van der Waals surface area contributed by atoms with Crippen molar-refractivity contribution >= 4 is 35.7 Å². The van der Waals surface area contributed by atoms with Crippen LogP contribution in [0.5, 0.6) is 0 Å². The lowest BCUT2D eigenvalue weighted by atomic mass is 10.1. The Kier molecular flexibility index (Phi) is 21.5. The number of hydrogen-bond donors (Lipinski definition) is 3. The molecule has 1 fully saturated rings. The summed E-state index contributed by atoms with van der Waals surface area (Å²) in [7, 11) is 1.43. The van der Waals surface area contributed by atoms with Crippen molar-refractivity contribution in [1.29, 1.82) is 0 Å². The van der Waals surface area contributed by atoms with Crippen molar-refractivity contribution in [2.75, 3.05) is 48.5 Å². The molecule has 0 spiro atoms. The molecule has 0 atom stereocenters. The topological polar surface area (TPSA) is 362 Å². The lowest BCUT2D eigenvalue weighted by Crippen LogP contribution is -2.19. The van der Waals surface area contributed by atoms with Crippen LogP contribution in [0.1, 0.15) is 79.1 Å². The van der Waals surface area contributed by atoms with E-state index in [1.165, 1.54) is 32.4 Å². The normalized spacial score (nSPS) is 11.6. The molecule has 0 bridgehead atoms. The average molecular weight is 1260 g/mol. The molecule has 0 aliphatic carbocycles. The van der Waals surface area contributed by atoms with Gasteiger partial charge in [-0.15, -0.1) is 15.3 Å². The van der Waals surface area contributed by atoms with Crippen molar-refractivity contribution in [2.24, 2.45) is 0 Å². The van der Waals surface area contributed by atoms with Crippen LogP contribution in [0.15, 0.2) is 157 Å². The van der Waals surface area contributed by atoms with Crippen LogP contribution in [-0.4, -0.2) is 134 Å². The summed E-state index contributed by atoms with van der Waals surface area (Å²) < 4.78 is 15.4. The number of nitrogens with zero attached hydrogens (tertiary/aromatic N) is 20. The van der Waals surface area contributed by atoms with Crippen LogP contribution in [0.4, 0.5) is 23.7 Å². The predicted molar refractivity (Wildman–Crippen MR) is 348 cm³/mol. The summed E-state index contributed by atoms with van der Waals surface area (Å²) in [6.45, 7) is 14.0. The molecule has 11 heterocycles. The molecule has 2 aromatic carbocycles. The Balaban J connectivity index is 0.000000151. The van der Waals surface area contributed by atoms with Crippen molar-refractivity contribution in [2.45, 2.75) is 79.4 Å². The van der Waals surface area contributed by atoms with Gasteiger partial charge in [-0.1, -0.05) is 102 Å². The van der Waals surface area contributed by atoms with Gasteiger partial charge in [-0.3, -0.25) is 20.1 Å². The molecule has 1 saturated heterocycles. The highest BCUT2D eigenvalue weighted by atomic mass is 16.5. The Hall–Kier alpha value is -12.0. The number of anilines is 4. The van der Waals surface area contributed by atoms with Gasteiger partial charge in [0.05, 0.1) is 90.0 Å². The van der Waals surface area contributed by atoms with Gasteiger partial charge in [-0.05, 0) is 106 Å². The highest BCUT2D eigenvalue weighted by molar-refractivity contribution is 5.90. The minimum absolute atomic E-state index is 0.0820. The van der Waals surface area contributed by atoms with E-state index in [9.17, 15) is 4.79 Å². The number of aromatic nitrogens is 19. The first kappa shape index (κ1) is 64.9. The van der Waals surface area contributed by atoms with Crippen LogP contribution in [0.3, 0.4) is 0 Å². The third-order valence-corrected chi connectivity index (χ3v) is 14.3. The van der Waals surface area contributed by atoms with Crippen LogP contribution >= 0.6 is 0 Å². The molecule has 94 heavy (non-hydrogen) atoms. The van der Waals surface area contributed by atoms with Gasteiger partial charge in [0.25, 0.3) is 5.91 Å². The van der Waals surface area contributed by atoms with E-state index in [-0.39, 0.29) is 42.4 Å². The van der Waals surface area contributed by atoms with Crippen LogP contribution in [0.2, 0.25) is 0 Å². The summed E-state index contributed by atoms with van der Waals surface area (Å²) in [5.74, 6) is 1.77. The molecule has 0 saturated carbocycles. The van der Waals surface area contributed by atoms with E-state index in [2.05, 4.69) is 125 Å². The van der Waals surface area contributed by atoms with Crippen molar-refractivity contribution in [1.82, 2.24) is 94.8 Å². The third-order valence-electron chi connectivity index (χ3n) is 14.3. The van der Waals surface area contributed by atoms with E-state index in [0.29, 0.717) is 65.4 Å². The van der Waals surface area contributed by atoms with E-state index in [0.717, 1.165) is 87.4 Å². The van der Waals surface area contributed by atoms with Gasteiger partial charge in [0.2, 0.25) is 23.7 Å². The maximum atomic E-state index is 11.9. The van der Waals surface area contributed by atoms with E-state index in [4.69, 9.17) is 35.2 Å². The smallest absolute Gasteiger partial charge is 0.373 e. The zero-order valence-electron chi connectivity index (χ0n) is 52.5. The molecular formula is C66H67N23O5. The number of aryl methyl sites for hydroxylation is 3. The number of nitrogens with one attached hydrogen (secondary N) is 1. The lowest BCUT2D eigenvalue weighted by molar-refractivity contribution is -0.191. The van der Waals surface area contributed by atoms with Gasteiger partial charge >= 0.3 is 6.15 Å². The number of hydrogen-bond acceptors (Lipinski definition) is 24. The van der Waals surface area contributed by atoms with E-state index >= 15 is 0 Å². The Bertz CT molecular complexity index is 4540. The molecule has 1 amide bonds. The van der Waals surface area contributed by atoms with Gasteiger partial charge in [-0.25, -0.2) is 53.9 Å². The van der Waals surface area contributed by atoms with E-state index in [1.54, 1.807) is 26.3 Å². The monoisotopic (exact) mass is 1260 g/mol. The molecule has 12 aromatic rings. The fourth-order valence-corrected chi connectivity index (χ4v) is 9.86. The number of ether oxygens (including phenoxy) is 1. The molecule has 0 radical (unpaired) electrons. The van der Waals surface area contributed by atoms with Gasteiger partial charge in [-0.2, -0.15) is 9.59 Å². The number of oxazole rings is 1. The molecule has 28 nitrogen and oxygen atoms in total. The Morgan fingerprint density at radius 2 is 1.04 bits per heavy atom. The molecular weight excluding hydrogens is 1190 g/mol. The molecule has 5 N–H and O–H groups in total. The zero-order valence-corrected chi connectivity index (χ0v) is 52.5. The van der Waals surface area contributed by atoms with Gasteiger partial charge < -0.3 is 25.5 Å². The van der Waals surface area contributed by atoms with E-state index in [1.807, 2.05) is 123 Å². The second kappa shape index (κ2) is 31.1. The SMILES string of the molecule is CCc1cccc(Cn2cc(-c3cc(-c4cccc(C)c4)nc(N)n3)nn2)n1.COCC(=O)Nc1nc(-c2cn(Cc3cccc(C(C)C)n3)nn2)cc(-c2ncco2)n1.Cc1cccc(-c2cc(-c3cn(Cc4cccc(N5CCCC5)n4)nn3)nc(N)n2)c1.O=C=O. The van der Waals surface area contributed by atoms with Crippen LogP contribution in [0, 0.1) is 13.8 Å². The quantitative estimate of drug-likeness (QED) is 0.0723. The highest BCUT2D eigenvalue weighted by Gasteiger charge is 2.19. The molecule has 476 valence electrons. The molecule has 28 heteroatoms. The Morgan fingerprint density at radius 3 is 1.55 bits per heavy atom. The number of rotatable bonds is 18. The number of nitrogens with two attached hydrogens (primary N) is 2. The largest absolute Gasteiger partial charge is 0.443 e. The maximum absolute atomic E-state index is 11.9. The number of amides is 1. The van der Waals surface area contributed by atoms with Crippen molar-refractivity contribution in [3.05, 3.63) is 192 Å². The van der Waals surface area contributed by atoms with Gasteiger partial charge in [0.15, 0.2) is 0 Å². The first-order chi connectivity index (χ1) is 45.7. The number of methoxy groups -OCH3 is 1. The van der Waals surface area contributed by atoms with Crippen LogP contribution in [0.25, 0.3) is 68.3 Å². The second-order valence-corrected chi connectivity index (χ2v) is 21.9. The zero-order chi connectivity index (χ0) is 65.9. The lowest BCUT2D eigenvalue weighted by Gasteiger charge is -2.16. The standard InChI is InChI=1S/C23H24N8.C21H22N8O3.C21H21N7.CO2/c1-16-6-4-7-17(12-16)19-13-20(27-23(24)26-19)21-15-31(29-28-21)14-18-8-5-9-22(25-18)30-10-2-3-11-30;1-13(2)15-6-4-5-14(23-15)10-29-11-18(27-28-29)16-9-17(20-22-7-8-32-20)25-21(24-16)26-19(30)12-31-3;1-3-16-8-5-9-17(23-16)12-28-13-20(26-27-28)19-11-18(24-21(22)25-19)15-7-4-6-14(2)10-15;2-1-3/h4-9,12-13,15H,2-3,10-11,14H2,1H3,(H2,24,26,27);4-9,11,13H,10,12H2,1-3H3,(H,24,25,26,30);4-11,13H,3,12H2,1-2H3,(H2,22,24,25);. The Labute approximate surface area is 540 Å². The number of nitrogen functional groups attached to an aromatic ring is 2. The van der Waals surface area contributed by atoms with Crippen molar-refractivity contribution in [3.63, 3.8) is 0 Å². The number of benzene rings is 2. The summed E-state index contributed by atoms with van der Waals surface area (Å²) in [4.78, 5) is 74.9. The summed E-state index contributed by atoms with van der Waals surface area (Å²) in [5.41, 5.74) is 26.5. The molecule has 13 rings (SSSR count). The maximum Gasteiger partial charge on any atom is 0.373 e. The van der Waals surface area contributed by atoms with E-state index < -0.39 is 0 Å². The molecule has 1 aliphatic rings. The molecule has 0 unspecified atom stereocenters. The molecule has 10 aromatic heterocycles. The summed E-state index contributed by atoms with van der Waals surface area (Å²) in [6, 6.07) is 39.8. The fourth-order valence-electron chi connectivity index (χ4n) is 9.86. The molecule has 1 aliphatic heterocycles. The van der Waals surface area contributed by atoms with Gasteiger partial charge in [0, 0.05) is 42.7 Å². The second-order valence-electron chi connectivity index (χ2n) is 21.9. The first-order valence-electron chi connectivity index (χ1n) is 30.0. The Morgan fingerprint density at radius 1 is 0.574 bits per heavy atom. The minimum Gasteiger partial charge on any atom is -0.443 e. The fraction of sp³-hybridized carbons (Fsp3) is 0.242. The third kappa shape index (κ3) is 17.7. The average Bonchev–Trinajstić information content (AvgIpc) is 1.58. The number of carbonyl (C=O) groups excluding carboxylic acids is 3. The highest BCUT2D eigenvalue weighted by Crippen LogP contribution is 2.28. The number of carbonyl (C=O) groups is 1. The summed E-state index contributed by atoms with van der Waals surface area (Å²) >= 11 is 0. The minimum atomic E-state index is -0.386. The predicted octanol–water partition coefficient (Wildman–Crippen LogP) is 8.59. The van der Waals surface area contributed by atoms with Crippen LogP contribution in [-0.2, 0) is 45.2 Å². The first-order valence-corrected chi connectivity index (χ1v) is 30.0. The van der Waals surface area contributed by atoms with Gasteiger partial charge in [0.1, 0.15) is 41.5 Å².